The SMILES string of the molecule is CCC1=C(c2ccccc2)N=C(c2cc(-c3ccc(-c4ccc5c(c4)sc4ccccc45)cc3)c3c(c2)oc2ccccc23)N=C(c2ccc(-c3ccccc3)cc2)C1. The van der Waals surface area contributed by atoms with Gasteiger partial charge < -0.3 is 4.42 Å². The van der Waals surface area contributed by atoms with Gasteiger partial charge in [-0.2, -0.15) is 0 Å². The van der Waals surface area contributed by atoms with Crippen molar-refractivity contribution in [1.29, 1.82) is 0 Å². The minimum atomic E-state index is 0.673. The highest BCUT2D eigenvalue weighted by atomic mass is 32.1. The highest BCUT2D eigenvalue weighted by molar-refractivity contribution is 7.25. The fraction of sp³-hybridized carbons (Fsp3) is 0.0545. The van der Waals surface area contributed by atoms with Crippen LogP contribution >= 0.6 is 11.3 Å². The molecule has 0 amide bonds. The van der Waals surface area contributed by atoms with Crippen LogP contribution in [0.25, 0.3) is 81.2 Å². The highest BCUT2D eigenvalue weighted by Gasteiger charge is 2.22. The third-order valence-electron chi connectivity index (χ3n) is 11.6. The lowest BCUT2D eigenvalue weighted by molar-refractivity contribution is 0.669. The molecule has 0 spiro atoms. The van der Waals surface area contributed by atoms with E-state index in [9.17, 15) is 0 Å². The van der Waals surface area contributed by atoms with Crippen molar-refractivity contribution in [2.75, 3.05) is 0 Å². The Hall–Kier alpha value is -7.14. The van der Waals surface area contributed by atoms with Crippen molar-refractivity contribution >= 4 is 70.7 Å². The summed E-state index contributed by atoms with van der Waals surface area (Å²) in [7, 11) is 0. The third kappa shape index (κ3) is 6.39. The first-order valence-electron chi connectivity index (χ1n) is 20.2. The molecule has 8 aromatic carbocycles. The molecule has 280 valence electrons. The second kappa shape index (κ2) is 14.7. The normalized spacial score (nSPS) is 13.3. The molecule has 0 saturated heterocycles. The number of rotatable bonds is 7. The van der Waals surface area contributed by atoms with E-state index in [1.165, 1.54) is 48.0 Å². The van der Waals surface area contributed by atoms with E-state index in [1.807, 2.05) is 23.5 Å². The maximum atomic E-state index is 6.64. The molecule has 0 fully saturated rings. The fourth-order valence-electron chi connectivity index (χ4n) is 8.56. The van der Waals surface area contributed by atoms with Gasteiger partial charge in [-0.25, -0.2) is 9.98 Å². The molecule has 3 nitrogen and oxygen atoms in total. The first-order chi connectivity index (χ1) is 29.2. The summed E-state index contributed by atoms with van der Waals surface area (Å²) in [6, 6.07) is 67.1. The van der Waals surface area contributed by atoms with E-state index < -0.39 is 0 Å². The fourth-order valence-corrected chi connectivity index (χ4v) is 9.71. The monoisotopic (exact) mass is 774 g/mol. The molecule has 0 saturated carbocycles. The summed E-state index contributed by atoms with van der Waals surface area (Å²) < 4.78 is 9.27. The molecular weight excluding hydrogens is 737 g/mol. The first-order valence-corrected chi connectivity index (χ1v) is 21.1. The van der Waals surface area contributed by atoms with Crippen molar-refractivity contribution in [2.45, 2.75) is 19.8 Å². The first kappa shape index (κ1) is 35.1. The lowest BCUT2D eigenvalue weighted by Crippen LogP contribution is -2.06. The van der Waals surface area contributed by atoms with Crippen molar-refractivity contribution in [2.24, 2.45) is 9.98 Å². The second-order valence-corrected chi connectivity index (χ2v) is 16.3. The number of nitrogens with zero attached hydrogens (tertiary/aromatic N) is 2. The van der Waals surface area contributed by atoms with Gasteiger partial charge in [0.05, 0.1) is 11.4 Å². The van der Waals surface area contributed by atoms with E-state index in [1.54, 1.807) is 0 Å². The summed E-state index contributed by atoms with van der Waals surface area (Å²) in [5.41, 5.74) is 15.0. The topological polar surface area (TPSA) is 37.9 Å². The summed E-state index contributed by atoms with van der Waals surface area (Å²) in [6.07, 6.45) is 1.56. The minimum Gasteiger partial charge on any atom is -0.456 e. The molecule has 0 radical (unpaired) electrons. The molecule has 3 heterocycles. The third-order valence-corrected chi connectivity index (χ3v) is 12.8. The van der Waals surface area contributed by atoms with Crippen LogP contribution in [0.2, 0.25) is 0 Å². The molecular formula is C55H38N2OS. The Labute approximate surface area is 347 Å². The highest BCUT2D eigenvalue weighted by Crippen LogP contribution is 2.41. The van der Waals surface area contributed by atoms with E-state index in [0.717, 1.165) is 67.6 Å². The predicted molar refractivity (Wildman–Crippen MR) is 251 cm³/mol. The summed E-state index contributed by atoms with van der Waals surface area (Å²) in [5, 5.41) is 4.81. The zero-order valence-corrected chi connectivity index (χ0v) is 33.3. The summed E-state index contributed by atoms with van der Waals surface area (Å²) in [5.74, 6) is 0.673. The molecule has 11 rings (SSSR count). The molecule has 0 unspecified atom stereocenters. The number of hydrogen-bond donors (Lipinski definition) is 0. The molecule has 59 heavy (non-hydrogen) atoms. The maximum absolute atomic E-state index is 6.64. The van der Waals surface area contributed by atoms with Gasteiger partial charge in [0, 0.05) is 48.5 Å². The van der Waals surface area contributed by atoms with Crippen molar-refractivity contribution < 1.29 is 4.42 Å². The molecule has 0 atom stereocenters. The van der Waals surface area contributed by atoms with Crippen molar-refractivity contribution in [3.05, 3.63) is 210 Å². The summed E-state index contributed by atoms with van der Waals surface area (Å²) >= 11 is 1.85. The van der Waals surface area contributed by atoms with Crippen molar-refractivity contribution in [3.8, 4) is 33.4 Å². The molecule has 4 heteroatoms. The standard InChI is InChI=1S/C55H38N2OS/c1-2-35-32-48(40-27-23-37(24-28-40)36-13-5-3-6-14-36)56-55(57-54(35)41-15-7-4-8-16-41)43-31-47(53-46-18-9-11-19-49(46)58-50(53)33-43)39-25-21-38(22-26-39)42-29-30-45-44-17-10-12-20-51(44)59-52(45)34-42/h3-31,33-34H,2,32H2,1H3. The minimum absolute atomic E-state index is 0.673. The summed E-state index contributed by atoms with van der Waals surface area (Å²) in [4.78, 5) is 10.9. The number of thiophene rings is 1. The van der Waals surface area contributed by atoms with Crippen LogP contribution in [0, 0.1) is 0 Å². The quantitative estimate of drug-likeness (QED) is 0.159. The van der Waals surface area contributed by atoms with Gasteiger partial charge in [-0.15, -0.1) is 11.3 Å². The Bertz CT molecular complexity index is 3290. The number of fused-ring (bicyclic) bond motifs is 6. The van der Waals surface area contributed by atoms with Gasteiger partial charge in [0.1, 0.15) is 11.2 Å². The lowest BCUT2D eigenvalue weighted by Gasteiger charge is -2.11. The number of para-hydroxylation sites is 1. The average molecular weight is 775 g/mol. The van der Waals surface area contributed by atoms with Gasteiger partial charge >= 0.3 is 0 Å². The number of allylic oxidation sites excluding steroid dienone is 1. The number of aliphatic imine (C=N–C) groups is 2. The van der Waals surface area contributed by atoms with Gasteiger partial charge in [0.25, 0.3) is 0 Å². The van der Waals surface area contributed by atoms with Crippen LogP contribution in [0.15, 0.2) is 208 Å². The van der Waals surface area contributed by atoms with Crippen LogP contribution in [-0.4, -0.2) is 11.5 Å². The predicted octanol–water partition coefficient (Wildman–Crippen LogP) is 15.4. The van der Waals surface area contributed by atoms with E-state index >= 15 is 0 Å². The molecule has 10 aromatic rings. The Morgan fingerprint density at radius 2 is 1.05 bits per heavy atom. The number of furan rings is 1. The number of hydrogen-bond acceptors (Lipinski definition) is 4. The largest absolute Gasteiger partial charge is 0.456 e. The second-order valence-electron chi connectivity index (χ2n) is 15.2. The number of amidine groups is 1. The van der Waals surface area contributed by atoms with Gasteiger partial charge in [-0.05, 0) is 81.3 Å². The van der Waals surface area contributed by atoms with E-state index in [4.69, 9.17) is 14.4 Å². The molecule has 0 aliphatic carbocycles. The molecule has 1 aliphatic rings. The van der Waals surface area contributed by atoms with Gasteiger partial charge in [-0.3, -0.25) is 0 Å². The molecule has 0 bridgehead atoms. The van der Waals surface area contributed by atoms with E-state index in [-0.39, 0.29) is 0 Å². The zero-order valence-electron chi connectivity index (χ0n) is 32.5. The summed E-state index contributed by atoms with van der Waals surface area (Å²) in [6.45, 7) is 2.22. The molecule has 2 aromatic heterocycles. The number of benzene rings is 8. The van der Waals surface area contributed by atoms with Crippen LogP contribution in [0.4, 0.5) is 0 Å². The van der Waals surface area contributed by atoms with E-state index in [0.29, 0.717) is 12.3 Å². The van der Waals surface area contributed by atoms with Crippen molar-refractivity contribution in [3.63, 3.8) is 0 Å². The van der Waals surface area contributed by atoms with Crippen molar-refractivity contribution in [1.82, 2.24) is 0 Å². The Balaban J connectivity index is 1.06. The lowest BCUT2D eigenvalue weighted by atomic mass is 9.94. The van der Waals surface area contributed by atoms with E-state index in [2.05, 4.69) is 183 Å². The maximum Gasteiger partial charge on any atom is 0.160 e. The smallest absolute Gasteiger partial charge is 0.160 e. The Morgan fingerprint density at radius 1 is 0.458 bits per heavy atom. The average Bonchev–Trinajstić information content (AvgIpc) is 3.80. The van der Waals surface area contributed by atoms with Crippen LogP contribution in [0.5, 0.6) is 0 Å². The molecule has 1 aliphatic heterocycles. The van der Waals surface area contributed by atoms with Crippen LogP contribution in [-0.2, 0) is 0 Å². The molecule has 0 N–H and O–H groups in total. The van der Waals surface area contributed by atoms with Gasteiger partial charge in [0.2, 0.25) is 0 Å². The van der Waals surface area contributed by atoms with Crippen LogP contribution < -0.4 is 0 Å². The van der Waals surface area contributed by atoms with Crippen LogP contribution in [0.3, 0.4) is 0 Å². The Morgan fingerprint density at radius 3 is 1.81 bits per heavy atom. The Kier molecular flexibility index (Phi) is 8.71. The van der Waals surface area contributed by atoms with Gasteiger partial charge in [-0.1, -0.05) is 165 Å². The van der Waals surface area contributed by atoms with Crippen LogP contribution in [0.1, 0.15) is 36.5 Å². The zero-order chi connectivity index (χ0) is 39.3. The van der Waals surface area contributed by atoms with Gasteiger partial charge in [0.15, 0.2) is 5.84 Å².